The summed E-state index contributed by atoms with van der Waals surface area (Å²) in [5, 5.41) is 3.61. The minimum absolute atomic E-state index is 0.0151. The quantitative estimate of drug-likeness (QED) is 0.555. The SMILES string of the molecule is Cc1cc(C)c(NC(=O)C(C)Sc2nc(Cc3ccccc3)c(C)[nH]2)c(C)c1. The van der Waals surface area contributed by atoms with Crippen molar-refractivity contribution in [3.63, 3.8) is 0 Å². The maximum absolute atomic E-state index is 12.7. The molecule has 1 atom stereocenters. The molecule has 1 aromatic heterocycles. The second-order valence-electron chi connectivity index (χ2n) is 7.30. The minimum Gasteiger partial charge on any atom is -0.337 e. The van der Waals surface area contributed by atoms with Crippen LogP contribution in [-0.2, 0) is 11.2 Å². The molecule has 1 unspecified atom stereocenters. The summed E-state index contributed by atoms with van der Waals surface area (Å²) < 4.78 is 0. The van der Waals surface area contributed by atoms with Crippen LogP contribution in [-0.4, -0.2) is 21.1 Å². The Balaban J connectivity index is 1.67. The predicted molar refractivity (Wildman–Crippen MR) is 117 cm³/mol. The van der Waals surface area contributed by atoms with Crippen LogP contribution in [0.15, 0.2) is 47.6 Å². The van der Waals surface area contributed by atoms with Gasteiger partial charge in [-0.25, -0.2) is 4.98 Å². The number of aromatic nitrogens is 2. The Morgan fingerprint density at radius 3 is 2.39 bits per heavy atom. The minimum atomic E-state index is -0.254. The van der Waals surface area contributed by atoms with Gasteiger partial charge in [0.2, 0.25) is 5.91 Å². The van der Waals surface area contributed by atoms with Gasteiger partial charge in [-0.3, -0.25) is 4.79 Å². The zero-order valence-electron chi connectivity index (χ0n) is 17.1. The van der Waals surface area contributed by atoms with Crippen molar-refractivity contribution in [1.82, 2.24) is 9.97 Å². The first kappa shape index (κ1) is 20.2. The number of nitrogens with zero attached hydrogens (tertiary/aromatic N) is 1. The molecule has 2 N–H and O–H groups in total. The average molecular weight is 394 g/mol. The fourth-order valence-corrected chi connectivity index (χ4v) is 4.18. The largest absolute Gasteiger partial charge is 0.337 e. The highest BCUT2D eigenvalue weighted by molar-refractivity contribution is 8.00. The van der Waals surface area contributed by atoms with Crippen LogP contribution in [0.4, 0.5) is 5.69 Å². The van der Waals surface area contributed by atoms with Crippen LogP contribution in [0.3, 0.4) is 0 Å². The number of anilines is 1. The topological polar surface area (TPSA) is 57.8 Å². The highest BCUT2D eigenvalue weighted by Gasteiger charge is 2.19. The van der Waals surface area contributed by atoms with E-state index in [9.17, 15) is 4.79 Å². The van der Waals surface area contributed by atoms with Crippen molar-refractivity contribution in [3.8, 4) is 0 Å². The van der Waals surface area contributed by atoms with E-state index in [0.717, 1.165) is 39.8 Å². The normalized spacial score (nSPS) is 12.0. The summed E-state index contributed by atoms with van der Waals surface area (Å²) in [6, 6.07) is 14.5. The second-order valence-corrected chi connectivity index (χ2v) is 8.63. The van der Waals surface area contributed by atoms with Gasteiger partial charge in [0.1, 0.15) is 0 Å². The Kier molecular flexibility index (Phi) is 6.25. The van der Waals surface area contributed by atoms with Crippen molar-refractivity contribution in [2.75, 3.05) is 5.32 Å². The van der Waals surface area contributed by atoms with Gasteiger partial charge >= 0.3 is 0 Å². The molecule has 0 saturated carbocycles. The van der Waals surface area contributed by atoms with E-state index >= 15 is 0 Å². The average Bonchev–Trinajstić information content (AvgIpc) is 2.97. The van der Waals surface area contributed by atoms with E-state index in [1.54, 1.807) is 0 Å². The number of carbonyl (C=O) groups excluding carboxylic acids is 1. The zero-order valence-corrected chi connectivity index (χ0v) is 17.9. The van der Waals surface area contributed by atoms with Crippen molar-refractivity contribution in [3.05, 3.63) is 76.1 Å². The van der Waals surface area contributed by atoms with Crippen molar-refractivity contribution in [1.29, 1.82) is 0 Å². The van der Waals surface area contributed by atoms with Crippen LogP contribution in [0.1, 0.15) is 40.6 Å². The number of thioether (sulfide) groups is 1. The summed E-state index contributed by atoms with van der Waals surface area (Å²) >= 11 is 1.45. The van der Waals surface area contributed by atoms with Gasteiger partial charge in [-0.05, 0) is 51.3 Å². The van der Waals surface area contributed by atoms with Crippen molar-refractivity contribution >= 4 is 23.4 Å². The molecule has 0 aliphatic carbocycles. The van der Waals surface area contributed by atoms with Crippen molar-refractivity contribution in [2.24, 2.45) is 0 Å². The number of aromatic amines is 1. The van der Waals surface area contributed by atoms with Crippen LogP contribution >= 0.6 is 11.8 Å². The first-order valence-electron chi connectivity index (χ1n) is 9.48. The van der Waals surface area contributed by atoms with Crippen LogP contribution in [0.2, 0.25) is 0 Å². The van der Waals surface area contributed by atoms with E-state index < -0.39 is 0 Å². The summed E-state index contributed by atoms with van der Waals surface area (Å²) in [7, 11) is 0. The van der Waals surface area contributed by atoms with Gasteiger partial charge in [-0.15, -0.1) is 0 Å². The molecule has 2 aromatic carbocycles. The Morgan fingerprint density at radius 1 is 1.11 bits per heavy atom. The van der Waals surface area contributed by atoms with Crippen molar-refractivity contribution < 1.29 is 4.79 Å². The number of benzene rings is 2. The molecular weight excluding hydrogens is 366 g/mol. The maximum Gasteiger partial charge on any atom is 0.237 e. The molecule has 0 aliphatic heterocycles. The van der Waals surface area contributed by atoms with Crippen LogP contribution in [0, 0.1) is 27.7 Å². The lowest BCUT2D eigenvalue weighted by Crippen LogP contribution is -2.23. The number of aryl methyl sites for hydroxylation is 4. The van der Waals surface area contributed by atoms with Gasteiger partial charge in [-0.2, -0.15) is 0 Å². The third-order valence-electron chi connectivity index (χ3n) is 4.76. The third-order valence-corrected chi connectivity index (χ3v) is 5.75. The summed E-state index contributed by atoms with van der Waals surface area (Å²) in [5.74, 6) is -0.0151. The standard InChI is InChI=1S/C23H27N3OS/c1-14-11-15(2)21(16(3)12-14)26-22(27)18(5)28-23-24-17(4)20(25-23)13-19-9-7-6-8-10-19/h6-12,18H,13H2,1-5H3,(H,24,25)(H,26,27). The third kappa shape index (κ3) is 4.84. The predicted octanol–water partition coefficient (Wildman–Crippen LogP) is 5.35. The van der Waals surface area contributed by atoms with Gasteiger partial charge in [0.05, 0.1) is 10.9 Å². The molecule has 0 spiro atoms. The van der Waals surface area contributed by atoms with Gasteiger partial charge in [0.15, 0.2) is 5.16 Å². The summed E-state index contributed by atoms with van der Waals surface area (Å²) in [6.45, 7) is 10.1. The lowest BCUT2D eigenvalue weighted by molar-refractivity contribution is -0.115. The molecule has 0 saturated heterocycles. The molecular formula is C23H27N3OS. The first-order chi connectivity index (χ1) is 13.3. The molecule has 1 heterocycles. The second kappa shape index (κ2) is 8.65. The Labute approximate surface area is 171 Å². The van der Waals surface area contributed by atoms with Gasteiger partial charge in [0.25, 0.3) is 0 Å². The molecule has 0 radical (unpaired) electrons. The van der Waals surface area contributed by atoms with E-state index in [4.69, 9.17) is 4.98 Å². The number of hydrogen-bond donors (Lipinski definition) is 2. The first-order valence-corrected chi connectivity index (χ1v) is 10.4. The molecule has 0 bridgehead atoms. The Hall–Kier alpha value is -2.53. The number of hydrogen-bond acceptors (Lipinski definition) is 3. The molecule has 28 heavy (non-hydrogen) atoms. The van der Waals surface area contributed by atoms with E-state index in [0.29, 0.717) is 0 Å². The smallest absolute Gasteiger partial charge is 0.237 e. The van der Waals surface area contributed by atoms with Crippen molar-refractivity contribution in [2.45, 2.75) is 51.4 Å². The number of imidazole rings is 1. The highest BCUT2D eigenvalue weighted by Crippen LogP contribution is 2.26. The van der Waals surface area contributed by atoms with Gasteiger partial charge < -0.3 is 10.3 Å². The Morgan fingerprint density at radius 2 is 1.75 bits per heavy atom. The Bertz CT molecular complexity index is 956. The van der Waals surface area contributed by atoms with Gasteiger partial charge in [0, 0.05) is 17.8 Å². The summed E-state index contributed by atoms with van der Waals surface area (Å²) in [5.41, 5.74) is 7.57. The number of nitrogens with one attached hydrogen (secondary N) is 2. The maximum atomic E-state index is 12.7. The fraction of sp³-hybridized carbons (Fsp3) is 0.304. The summed E-state index contributed by atoms with van der Waals surface area (Å²) in [6.07, 6.45) is 0.784. The number of amides is 1. The summed E-state index contributed by atoms with van der Waals surface area (Å²) in [4.78, 5) is 20.7. The lowest BCUT2D eigenvalue weighted by Gasteiger charge is -2.15. The molecule has 146 valence electrons. The van der Waals surface area contributed by atoms with E-state index in [1.807, 2.05) is 45.9 Å². The van der Waals surface area contributed by atoms with E-state index in [2.05, 4.69) is 41.5 Å². The van der Waals surface area contributed by atoms with Crippen LogP contribution in [0.5, 0.6) is 0 Å². The van der Waals surface area contributed by atoms with Crippen LogP contribution in [0.25, 0.3) is 0 Å². The number of H-pyrrole nitrogens is 1. The van der Waals surface area contributed by atoms with E-state index in [1.165, 1.54) is 22.9 Å². The molecule has 4 nitrogen and oxygen atoms in total. The monoisotopic (exact) mass is 393 g/mol. The number of carbonyl (C=O) groups is 1. The molecule has 0 fully saturated rings. The molecule has 3 aromatic rings. The molecule has 3 rings (SSSR count). The van der Waals surface area contributed by atoms with Crippen LogP contribution < -0.4 is 5.32 Å². The highest BCUT2D eigenvalue weighted by atomic mass is 32.2. The number of rotatable bonds is 6. The molecule has 5 heteroatoms. The zero-order chi connectivity index (χ0) is 20.3. The van der Waals surface area contributed by atoms with E-state index in [-0.39, 0.29) is 11.2 Å². The molecule has 1 amide bonds. The lowest BCUT2D eigenvalue weighted by atomic mass is 10.1. The molecule has 0 aliphatic rings. The van der Waals surface area contributed by atoms with Gasteiger partial charge in [-0.1, -0.05) is 59.8 Å². The fourth-order valence-electron chi connectivity index (χ4n) is 3.31.